The Labute approximate surface area is 161 Å². The van der Waals surface area contributed by atoms with Gasteiger partial charge in [-0.25, -0.2) is 0 Å². The number of benzene rings is 2. The lowest BCUT2D eigenvalue weighted by Crippen LogP contribution is -2.41. The van der Waals surface area contributed by atoms with Gasteiger partial charge in [-0.15, -0.1) is 0 Å². The van der Waals surface area contributed by atoms with Crippen molar-refractivity contribution in [1.29, 1.82) is 0 Å². The molecule has 0 saturated carbocycles. The number of nitrogens with zero attached hydrogens (tertiary/aromatic N) is 2. The molecule has 0 N–H and O–H groups in total. The zero-order chi connectivity index (χ0) is 19.0. The number of aryl methyl sites for hydroxylation is 4. The molecule has 1 heterocycles. The Hall–Kier alpha value is -3.07. The first-order valence-electron chi connectivity index (χ1n) is 9.28. The number of rotatable bonds is 2. The highest BCUT2D eigenvalue weighted by molar-refractivity contribution is 6.13. The molecule has 0 radical (unpaired) electrons. The van der Waals surface area contributed by atoms with Crippen LogP contribution < -0.4 is 4.90 Å². The van der Waals surface area contributed by atoms with Gasteiger partial charge in [-0.1, -0.05) is 58.8 Å². The Morgan fingerprint density at radius 1 is 0.852 bits per heavy atom. The minimum atomic E-state index is -0.198. The first-order valence-corrected chi connectivity index (χ1v) is 9.28. The maximum atomic E-state index is 5.90. The second-order valence-corrected chi connectivity index (χ2v) is 7.25. The molecule has 2 aromatic carbocycles. The van der Waals surface area contributed by atoms with Crippen LogP contribution in [0.5, 0.6) is 0 Å². The molecule has 1 aliphatic heterocycles. The molecule has 0 aromatic heterocycles. The van der Waals surface area contributed by atoms with E-state index < -0.39 is 0 Å². The number of allylic oxidation sites excluding steroid dienone is 4. The molecule has 0 bridgehead atoms. The van der Waals surface area contributed by atoms with Gasteiger partial charge in [0, 0.05) is 11.3 Å². The van der Waals surface area contributed by atoms with E-state index in [1.807, 2.05) is 24.3 Å². The van der Waals surface area contributed by atoms with Gasteiger partial charge >= 0.3 is 0 Å². The van der Waals surface area contributed by atoms with Crippen molar-refractivity contribution in [1.82, 2.24) is 0 Å². The highest BCUT2D eigenvalue weighted by Gasteiger charge is 2.32. The molecule has 1 atom stereocenters. The van der Waals surface area contributed by atoms with E-state index in [1.54, 1.807) is 0 Å². The summed E-state index contributed by atoms with van der Waals surface area (Å²) < 4.78 is 0. The second-order valence-electron chi connectivity index (χ2n) is 7.25. The molecule has 2 aliphatic rings. The number of hydrogen-bond acceptors (Lipinski definition) is 3. The molecule has 0 fully saturated rings. The monoisotopic (exact) mass is 356 g/mol. The predicted octanol–water partition coefficient (Wildman–Crippen LogP) is 5.50. The Bertz CT molecular complexity index is 971. The van der Waals surface area contributed by atoms with E-state index in [9.17, 15) is 0 Å². The van der Waals surface area contributed by atoms with Gasteiger partial charge in [-0.3, -0.25) is 4.90 Å². The van der Waals surface area contributed by atoms with E-state index in [1.165, 1.54) is 22.3 Å². The summed E-state index contributed by atoms with van der Waals surface area (Å²) >= 11 is 0. The number of anilines is 1. The SMILES string of the molecule is Cc1ccc(N2C3=CC=CC=CC3ON=C2c2c(C)cc(C)cc2C)cc1. The molecule has 3 heteroatoms. The highest BCUT2D eigenvalue weighted by atomic mass is 16.6. The molecule has 0 amide bonds. The Morgan fingerprint density at radius 3 is 2.26 bits per heavy atom. The van der Waals surface area contributed by atoms with Gasteiger partial charge in [0.15, 0.2) is 11.9 Å². The zero-order valence-corrected chi connectivity index (χ0v) is 16.2. The van der Waals surface area contributed by atoms with E-state index in [-0.39, 0.29) is 6.10 Å². The fourth-order valence-electron chi connectivity index (χ4n) is 3.79. The molecule has 0 spiro atoms. The number of fused-ring (bicyclic) bond motifs is 1. The molecular weight excluding hydrogens is 332 g/mol. The summed E-state index contributed by atoms with van der Waals surface area (Å²) in [4.78, 5) is 8.12. The summed E-state index contributed by atoms with van der Waals surface area (Å²) in [6.07, 6.45) is 10.0. The van der Waals surface area contributed by atoms with Crippen LogP contribution in [-0.4, -0.2) is 11.9 Å². The average molecular weight is 356 g/mol. The van der Waals surface area contributed by atoms with Crippen LogP contribution >= 0.6 is 0 Å². The van der Waals surface area contributed by atoms with Crippen LogP contribution in [-0.2, 0) is 4.84 Å². The summed E-state index contributed by atoms with van der Waals surface area (Å²) in [6, 6.07) is 13.0. The third kappa shape index (κ3) is 3.21. The van der Waals surface area contributed by atoms with Crippen LogP contribution in [0, 0.1) is 27.7 Å². The Morgan fingerprint density at radius 2 is 1.56 bits per heavy atom. The molecule has 27 heavy (non-hydrogen) atoms. The summed E-state index contributed by atoms with van der Waals surface area (Å²) in [5.74, 6) is 0.833. The summed E-state index contributed by atoms with van der Waals surface area (Å²) in [5.41, 5.74) is 8.16. The minimum Gasteiger partial charge on any atom is -0.380 e. The van der Waals surface area contributed by atoms with Crippen molar-refractivity contribution in [3.8, 4) is 0 Å². The number of hydrogen-bond donors (Lipinski definition) is 0. The Kier molecular flexibility index (Phi) is 4.44. The minimum absolute atomic E-state index is 0.198. The zero-order valence-electron chi connectivity index (χ0n) is 16.2. The molecule has 1 unspecified atom stereocenters. The summed E-state index contributed by atoms with van der Waals surface area (Å²) in [5, 5.41) is 4.58. The highest BCUT2D eigenvalue weighted by Crippen LogP contribution is 2.33. The second kappa shape index (κ2) is 6.92. The van der Waals surface area contributed by atoms with Crippen molar-refractivity contribution in [2.45, 2.75) is 33.8 Å². The van der Waals surface area contributed by atoms with Crippen molar-refractivity contribution >= 4 is 11.5 Å². The molecule has 2 aromatic rings. The van der Waals surface area contributed by atoms with Crippen LogP contribution in [0.25, 0.3) is 0 Å². The standard InChI is InChI=1S/C24H24N2O/c1-16-10-12-20(13-11-16)26-21-8-6-5-7-9-22(21)27-25-24(26)23-18(3)14-17(2)15-19(23)4/h5-15,22H,1-4H3. The number of oxime groups is 1. The van der Waals surface area contributed by atoms with Gasteiger partial charge in [-0.2, -0.15) is 0 Å². The van der Waals surface area contributed by atoms with E-state index >= 15 is 0 Å². The fourth-order valence-corrected chi connectivity index (χ4v) is 3.79. The van der Waals surface area contributed by atoms with Gasteiger partial charge in [0.25, 0.3) is 0 Å². The third-order valence-electron chi connectivity index (χ3n) is 4.98. The fraction of sp³-hybridized carbons (Fsp3) is 0.208. The summed E-state index contributed by atoms with van der Waals surface area (Å²) in [7, 11) is 0. The Balaban J connectivity index is 1.93. The molecular formula is C24H24N2O. The molecule has 136 valence electrons. The quantitative estimate of drug-likeness (QED) is 0.710. The maximum absolute atomic E-state index is 5.90. The van der Waals surface area contributed by atoms with Gasteiger partial charge in [-0.05, 0) is 63.1 Å². The van der Waals surface area contributed by atoms with Crippen LogP contribution in [0.3, 0.4) is 0 Å². The van der Waals surface area contributed by atoms with Crippen LogP contribution in [0.4, 0.5) is 5.69 Å². The van der Waals surface area contributed by atoms with E-state index in [0.717, 1.165) is 22.8 Å². The van der Waals surface area contributed by atoms with Crippen molar-refractivity contribution in [2.75, 3.05) is 4.90 Å². The largest absolute Gasteiger partial charge is 0.380 e. The van der Waals surface area contributed by atoms with Crippen molar-refractivity contribution in [3.05, 3.63) is 100 Å². The van der Waals surface area contributed by atoms with Crippen LogP contribution in [0.15, 0.2) is 77.6 Å². The average Bonchev–Trinajstić information content (AvgIpc) is 2.87. The maximum Gasteiger partial charge on any atom is 0.186 e. The van der Waals surface area contributed by atoms with E-state index in [0.29, 0.717) is 0 Å². The van der Waals surface area contributed by atoms with Gasteiger partial charge in [0.1, 0.15) is 0 Å². The molecule has 4 rings (SSSR count). The normalized spacial score (nSPS) is 18.4. The lowest BCUT2D eigenvalue weighted by Gasteiger charge is -2.35. The lowest BCUT2D eigenvalue weighted by molar-refractivity contribution is 0.108. The molecule has 0 saturated heterocycles. The van der Waals surface area contributed by atoms with Crippen molar-refractivity contribution in [2.24, 2.45) is 5.16 Å². The van der Waals surface area contributed by atoms with E-state index in [4.69, 9.17) is 4.84 Å². The van der Waals surface area contributed by atoms with Gasteiger partial charge in [0.2, 0.25) is 0 Å². The van der Waals surface area contributed by atoms with Crippen molar-refractivity contribution < 1.29 is 4.84 Å². The number of amidine groups is 1. The van der Waals surface area contributed by atoms with Gasteiger partial charge in [0.05, 0.1) is 5.70 Å². The van der Waals surface area contributed by atoms with Crippen molar-refractivity contribution in [3.63, 3.8) is 0 Å². The van der Waals surface area contributed by atoms with Gasteiger partial charge < -0.3 is 4.84 Å². The topological polar surface area (TPSA) is 24.8 Å². The third-order valence-corrected chi connectivity index (χ3v) is 4.98. The summed E-state index contributed by atoms with van der Waals surface area (Å²) in [6.45, 7) is 8.50. The van der Waals surface area contributed by atoms with Crippen LogP contribution in [0.2, 0.25) is 0 Å². The lowest BCUT2D eigenvalue weighted by atomic mass is 9.97. The molecule has 1 aliphatic carbocycles. The first-order chi connectivity index (χ1) is 13.0. The van der Waals surface area contributed by atoms with Crippen LogP contribution in [0.1, 0.15) is 27.8 Å². The predicted molar refractivity (Wildman–Crippen MR) is 112 cm³/mol. The molecule has 3 nitrogen and oxygen atoms in total. The van der Waals surface area contributed by atoms with E-state index in [2.05, 4.69) is 80.2 Å². The first kappa shape index (κ1) is 17.3. The smallest absolute Gasteiger partial charge is 0.186 e.